The molecule has 230 valence electrons. The molecular weight excluding hydrogens is 598 g/mol. The zero-order chi connectivity index (χ0) is 31.7. The van der Waals surface area contributed by atoms with E-state index in [-0.39, 0.29) is 34.5 Å². The van der Waals surface area contributed by atoms with E-state index in [1.807, 2.05) is 68.4 Å². The van der Waals surface area contributed by atoms with Gasteiger partial charge in [0.05, 0.1) is 22.7 Å². The summed E-state index contributed by atoms with van der Waals surface area (Å²) in [5, 5.41) is 3.05. The van der Waals surface area contributed by atoms with Crippen LogP contribution in [-0.4, -0.2) is 51.4 Å². The van der Waals surface area contributed by atoms with Gasteiger partial charge in [-0.1, -0.05) is 90.0 Å². The van der Waals surface area contributed by atoms with Crippen molar-refractivity contribution in [1.29, 1.82) is 0 Å². The summed E-state index contributed by atoms with van der Waals surface area (Å²) in [6.45, 7) is 3.67. The summed E-state index contributed by atoms with van der Waals surface area (Å²) < 4.78 is 34.4. The smallest absolute Gasteiger partial charge is 0.264 e. The number of methoxy groups -OCH3 is 1. The molecule has 0 aliphatic heterocycles. The Morgan fingerprint density at radius 2 is 1.52 bits per heavy atom. The van der Waals surface area contributed by atoms with E-state index in [1.54, 1.807) is 24.3 Å². The number of hydrogen-bond donors (Lipinski definition) is 1. The van der Waals surface area contributed by atoms with Crippen molar-refractivity contribution in [3.8, 4) is 5.75 Å². The van der Waals surface area contributed by atoms with Crippen molar-refractivity contribution in [3.05, 3.63) is 125 Å². The van der Waals surface area contributed by atoms with Crippen molar-refractivity contribution in [2.75, 3.05) is 24.5 Å². The average Bonchev–Trinajstić information content (AvgIpc) is 3.03. The lowest BCUT2D eigenvalue weighted by Crippen LogP contribution is -2.53. The molecule has 0 aliphatic carbocycles. The van der Waals surface area contributed by atoms with Gasteiger partial charge in [0.2, 0.25) is 11.8 Å². The van der Waals surface area contributed by atoms with Crippen LogP contribution in [0.5, 0.6) is 5.75 Å². The molecule has 1 unspecified atom stereocenters. The van der Waals surface area contributed by atoms with E-state index < -0.39 is 28.5 Å². The van der Waals surface area contributed by atoms with Crippen LogP contribution in [0.25, 0.3) is 0 Å². The number of likely N-dealkylation sites (N-methyl/N-ethyl adjacent to an activating group) is 1. The fourth-order valence-electron chi connectivity index (χ4n) is 4.80. The fraction of sp³-hybridized carbons (Fsp3) is 0.235. The number of nitrogens with zero attached hydrogens (tertiary/aromatic N) is 2. The van der Waals surface area contributed by atoms with Gasteiger partial charge in [-0.2, -0.15) is 0 Å². The molecule has 10 heteroatoms. The van der Waals surface area contributed by atoms with Crippen molar-refractivity contribution >= 4 is 39.1 Å². The second-order valence-corrected chi connectivity index (χ2v) is 12.5. The topological polar surface area (TPSA) is 96.0 Å². The molecule has 4 rings (SSSR count). The van der Waals surface area contributed by atoms with Gasteiger partial charge in [-0.3, -0.25) is 13.9 Å². The lowest BCUT2D eigenvalue weighted by Gasteiger charge is -2.34. The number of ether oxygens (including phenoxy) is 1. The SMILES string of the molecule is CCNC(=O)C(Cc1ccccc1)N(Cc1ccc(C)cc1)C(=O)CN(c1ccc(OC)c(Cl)c1)S(=O)(=O)c1ccccc1. The van der Waals surface area contributed by atoms with E-state index in [4.69, 9.17) is 16.3 Å². The average molecular weight is 634 g/mol. The highest BCUT2D eigenvalue weighted by Gasteiger charge is 2.34. The van der Waals surface area contributed by atoms with Gasteiger partial charge in [0.25, 0.3) is 10.0 Å². The number of nitrogens with one attached hydrogen (secondary N) is 1. The van der Waals surface area contributed by atoms with Gasteiger partial charge >= 0.3 is 0 Å². The quantitative estimate of drug-likeness (QED) is 0.206. The summed E-state index contributed by atoms with van der Waals surface area (Å²) in [7, 11) is -2.77. The highest BCUT2D eigenvalue weighted by atomic mass is 35.5. The van der Waals surface area contributed by atoms with Crippen LogP contribution >= 0.6 is 11.6 Å². The van der Waals surface area contributed by atoms with Crippen LogP contribution in [0.4, 0.5) is 5.69 Å². The summed E-state index contributed by atoms with van der Waals surface area (Å²) in [4.78, 5) is 29.4. The molecule has 0 heterocycles. The van der Waals surface area contributed by atoms with Gasteiger partial charge in [-0.25, -0.2) is 8.42 Å². The molecule has 8 nitrogen and oxygen atoms in total. The van der Waals surface area contributed by atoms with E-state index in [1.165, 1.54) is 36.3 Å². The van der Waals surface area contributed by atoms with Crippen molar-refractivity contribution in [3.63, 3.8) is 0 Å². The number of carbonyl (C=O) groups is 2. The number of anilines is 1. The number of aryl methyl sites for hydroxylation is 1. The lowest BCUT2D eigenvalue weighted by atomic mass is 10.0. The molecule has 1 N–H and O–H groups in total. The Hall–Kier alpha value is -4.34. The van der Waals surface area contributed by atoms with Crippen LogP contribution in [-0.2, 0) is 32.6 Å². The Labute approximate surface area is 264 Å². The minimum atomic E-state index is -4.23. The molecule has 44 heavy (non-hydrogen) atoms. The van der Waals surface area contributed by atoms with E-state index in [0.717, 1.165) is 21.0 Å². The zero-order valence-corrected chi connectivity index (χ0v) is 26.5. The molecule has 0 spiro atoms. The predicted octanol–water partition coefficient (Wildman–Crippen LogP) is 5.63. The Morgan fingerprint density at radius 3 is 2.11 bits per heavy atom. The van der Waals surface area contributed by atoms with Crippen LogP contribution in [0.1, 0.15) is 23.6 Å². The van der Waals surface area contributed by atoms with Crippen LogP contribution in [0, 0.1) is 6.92 Å². The van der Waals surface area contributed by atoms with E-state index in [9.17, 15) is 18.0 Å². The molecule has 0 aromatic heterocycles. The Bertz CT molecular complexity index is 1670. The number of rotatable bonds is 13. The molecular formula is C34H36ClN3O5S. The second-order valence-electron chi connectivity index (χ2n) is 10.3. The van der Waals surface area contributed by atoms with Crippen molar-refractivity contribution in [1.82, 2.24) is 10.2 Å². The third-order valence-electron chi connectivity index (χ3n) is 7.13. The molecule has 0 aliphatic rings. The second kappa shape index (κ2) is 14.9. The minimum Gasteiger partial charge on any atom is -0.495 e. The maximum Gasteiger partial charge on any atom is 0.264 e. The molecule has 0 radical (unpaired) electrons. The Kier molecular flexibility index (Phi) is 11.0. The van der Waals surface area contributed by atoms with E-state index >= 15 is 0 Å². The number of sulfonamides is 1. The monoisotopic (exact) mass is 633 g/mol. The molecule has 4 aromatic carbocycles. The third-order valence-corrected chi connectivity index (χ3v) is 9.21. The van der Waals surface area contributed by atoms with Gasteiger partial charge in [0.1, 0.15) is 18.3 Å². The number of hydrogen-bond acceptors (Lipinski definition) is 5. The first-order valence-electron chi connectivity index (χ1n) is 14.2. The predicted molar refractivity (Wildman–Crippen MR) is 173 cm³/mol. The van der Waals surface area contributed by atoms with Crippen molar-refractivity contribution < 1.29 is 22.7 Å². The van der Waals surface area contributed by atoms with Crippen LogP contribution in [0.15, 0.2) is 108 Å². The fourth-order valence-corrected chi connectivity index (χ4v) is 6.47. The number of carbonyl (C=O) groups excluding carboxylic acids is 2. The molecule has 4 aromatic rings. The summed E-state index contributed by atoms with van der Waals surface area (Å²) >= 11 is 6.41. The Morgan fingerprint density at radius 1 is 0.886 bits per heavy atom. The summed E-state index contributed by atoms with van der Waals surface area (Å²) in [6.07, 6.45) is 0.240. The maximum absolute atomic E-state index is 14.4. The van der Waals surface area contributed by atoms with Gasteiger partial charge in [-0.05, 0) is 55.3 Å². The minimum absolute atomic E-state index is 0.00869. The van der Waals surface area contributed by atoms with Crippen molar-refractivity contribution in [2.45, 2.75) is 37.8 Å². The molecule has 0 bridgehead atoms. The molecule has 0 fully saturated rings. The van der Waals surface area contributed by atoms with E-state index in [2.05, 4.69) is 5.32 Å². The number of amides is 2. The first-order valence-corrected chi connectivity index (χ1v) is 16.0. The first-order chi connectivity index (χ1) is 21.1. The van der Waals surface area contributed by atoms with Crippen LogP contribution in [0.2, 0.25) is 5.02 Å². The number of halogens is 1. The highest BCUT2D eigenvalue weighted by molar-refractivity contribution is 7.92. The van der Waals surface area contributed by atoms with Gasteiger partial charge in [0.15, 0.2) is 0 Å². The maximum atomic E-state index is 14.4. The zero-order valence-electron chi connectivity index (χ0n) is 24.9. The molecule has 1 atom stereocenters. The van der Waals surface area contributed by atoms with E-state index in [0.29, 0.717) is 12.3 Å². The third kappa shape index (κ3) is 7.98. The lowest BCUT2D eigenvalue weighted by molar-refractivity contribution is -0.140. The largest absolute Gasteiger partial charge is 0.495 e. The standard InChI is InChI=1S/C34H36ClN3O5S/c1-4-36-34(40)31(21-26-11-7-5-8-12-26)37(23-27-17-15-25(2)16-18-27)33(39)24-38(28-19-20-32(43-3)30(35)22-28)44(41,42)29-13-9-6-10-14-29/h5-20,22,31H,4,21,23-24H2,1-3H3,(H,36,40). The van der Waals surface area contributed by atoms with Gasteiger partial charge in [-0.15, -0.1) is 0 Å². The Balaban J connectivity index is 1.80. The highest BCUT2D eigenvalue weighted by Crippen LogP contribution is 2.32. The normalized spacial score (nSPS) is 11.8. The molecule has 2 amide bonds. The molecule has 0 saturated heterocycles. The van der Waals surface area contributed by atoms with Crippen LogP contribution in [0.3, 0.4) is 0 Å². The summed E-state index contributed by atoms with van der Waals surface area (Å²) in [5.74, 6) is -0.523. The number of benzene rings is 4. The van der Waals surface area contributed by atoms with Gasteiger partial charge < -0.3 is 15.0 Å². The van der Waals surface area contributed by atoms with Crippen molar-refractivity contribution in [2.24, 2.45) is 0 Å². The first kappa shape index (κ1) is 32.6. The summed E-state index contributed by atoms with van der Waals surface area (Å²) in [5.41, 5.74) is 2.89. The van der Waals surface area contributed by atoms with Gasteiger partial charge in [0, 0.05) is 19.5 Å². The molecule has 0 saturated carbocycles. The summed E-state index contributed by atoms with van der Waals surface area (Å²) in [6, 6.07) is 28.6. The van der Waals surface area contributed by atoms with Crippen LogP contribution < -0.4 is 14.4 Å².